The molecule has 1 fully saturated rings. The van der Waals surface area contributed by atoms with Gasteiger partial charge in [0.15, 0.2) is 11.6 Å². The maximum absolute atomic E-state index is 9.96. The van der Waals surface area contributed by atoms with Crippen LogP contribution in [0.25, 0.3) is 0 Å². The normalized spacial score (nSPS) is 18.1. The molecule has 1 atom stereocenters. The first kappa shape index (κ1) is 16.3. The van der Waals surface area contributed by atoms with Gasteiger partial charge in [-0.05, 0) is 31.1 Å². The lowest BCUT2D eigenvalue weighted by Crippen LogP contribution is -2.05. The standard InChI is InChI=1S/C13H12Cl2N4O3S/c14-7-4-6(10(20)9(15)11(7)21)5-16-19-12(17-18-13(19)23)8-2-1-3-22-8/h4-5,8,20-21H,1-3H2,(H,18,23)/b16-5-. The molecule has 0 amide bonds. The van der Waals surface area contributed by atoms with E-state index in [9.17, 15) is 10.2 Å². The number of aromatic hydroxyl groups is 2. The van der Waals surface area contributed by atoms with E-state index in [1.165, 1.54) is 17.0 Å². The second-order valence-electron chi connectivity index (χ2n) is 4.90. The summed E-state index contributed by atoms with van der Waals surface area (Å²) in [4.78, 5) is 0. The van der Waals surface area contributed by atoms with Crippen LogP contribution in [0.15, 0.2) is 11.2 Å². The van der Waals surface area contributed by atoms with E-state index < -0.39 is 0 Å². The summed E-state index contributed by atoms with van der Waals surface area (Å²) < 4.78 is 7.28. The molecule has 2 aromatic rings. The molecule has 1 aromatic carbocycles. The van der Waals surface area contributed by atoms with Gasteiger partial charge in [0.2, 0.25) is 4.77 Å². The van der Waals surface area contributed by atoms with E-state index in [-0.39, 0.29) is 33.2 Å². The molecule has 0 radical (unpaired) electrons. The highest BCUT2D eigenvalue weighted by Gasteiger charge is 2.23. The highest BCUT2D eigenvalue weighted by atomic mass is 35.5. The van der Waals surface area contributed by atoms with Crippen molar-refractivity contribution < 1.29 is 14.9 Å². The summed E-state index contributed by atoms with van der Waals surface area (Å²) in [6.45, 7) is 0.665. The molecule has 10 heteroatoms. The van der Waals surface area contributed by atoms with Gasteiger partial charge in [0.1, 0.15) is 16.9 Å². The molecule has 7 nitrogen and oxygen atoms in total. The van der Waals surface area contributed by atoms with Crippen LogP contribution < -0.4 is 0 Å². The first-order valence-electron chi connectivity index (χ1n) is 6.72. The van der Waals surface area contributed by atoms with E-state index >= 15 is 0 Å². The highest BCUT2D eigenvalue weighted by molar-refractivity contribution is 7.71. The fourth-order valence-corrected chi connectivity index (χ4v) is 2.90. The number of hydrogen-bond donors (Lipinski definition) is 3. The number of H-pyrrole nitrogens is 1. The van der Waals surface area contributed by atoms with E-state index in [1.807, 2.05) is 0 Å². The van der Waals surface area contributed by atoms with E-state index in [0.29, 0.717) is 17.2 Å². The Morgan fingerprint density at radius 2 is 2.22 bits per heavy atom. The number of nitrogens with zero attached hydrogens (tertiary/aromatic N) is 3. The maximum Gasteiger partial charge on any atom is 0.216 e. The maximum atomic E-state index is 9.96. The fraction of sp³-hybridized carbons (Fsp3) is 0.308. The van der Waals surface area contributed by atoms with Gasteiger partial charge in [-0.25, -0.2) is 0 Å². The van der Waals surface area contributed by atoms with Crippen LogP contribution in [-0.2, 0) is 4.74 Å². The lowest BCUT2D eigenvalue weighted by atomic mass is 10.2. The first-order valence-corrected chi connectivity index (χ1v) is 7.88. The van der Waals surface area contributed by atoms with Crippen molar-refractivity contribution in [3.05, 3.63) is 32.3 Å². The average Bonchev–Trinajstić information content (AvgIpc) is 3.17. The number of benzene rings is 1. The summed E-state index contributed by atoms with van der Waals surface area (Å²) in [6.07, 6.45) is 2.92. The third-order valence-corrected chi connectivity index (χ3v) is 4.31. The van der Waals surface area contributed by atoms with Crippen molar-refractivity contribution >= 4 is 41.6 Å². The minimum atomic E-state index is -0.386. The predicted molar refractivity (Wildman–Crippen MR) is 88.1 cm³/mol. The van der Waals surface area contributed by atoms with Crippen LogP contribution in [0.3, 0.4) is 0 Å². The second kappa shape index (κ2) is 6.48. The quantitative estimate of drug-likeness (QED) is 0.565. The zero-order chi connectivity index (χ0) is 16.6. The third kappa shape index (κ3) is 3.07. The fourth-order valence-electron chi connectivity index (χ4n) is 2.24. The van der Waals surface area contributed by atoms with Crippen LogP contribution in [0.4, 0.5) is 0 Å². The van der Waals surface area contributed by atoms with Crippen LogP contribution in [-0.4, -0.2) is 37.9 Å². The van der Waals surface area contributed by atoms with Crippen molar-refractivity contribution in [3.8, 4) is 11.5 Å². The van der Waals surface area contributed by atoms with Gasteiger partial charge >= 0.3 is 0 Å². The van der Waals surface area contributed by atoms with Gasteiger partial charge in [0, 0.05) is 12.2 Å². The van der Waals surface area contributed by atoms with Crippen LogP contribution in [0.2, 0.25) is 10.0 Å². The predicted octanol–water partition coefficient (Wildman–Crippen LogP) is 3.39. The summed E-state index contributed by atoms with van der Waals surface area (Å²) in [5.41, 5.74) is 0.235. The summed E-state index contributed by atoms with van der Waals surface area (Å²) >= 11 is 16.8. The van der Waals surface area contributed by atoms with Gasteiger partial charge in [-0.15, -0.1) is 0 Å². The number of aromatic nitrogens is 3. The molecule has 1 saturated heterocycles. The number of halogens is 2. The Bertz CT molecular complexity index is 827. The van der Waals surface area contributed by atoms with Crippen molar-refractivity contribution in [1.29, 1.82) is 0 Å². The molecule has 1 aromatic heterocycles. The van der Waals surface area contributed by atoms with Crippen LogP contribution in [0.1, 0.15) is 30.3 Å². The molecule has 23 heavy (non-hydrogen) atoms. The molecular weight excluding hydrogens is 363 g/mol. The number of ether oxygens (including phenoxy) is 1. The lowest BCUT2D eigenvalue weighted by Gasteiger charge is -2.08. The Hall–Kier alpha value is -1.61. The second-order valence-corrected chi connectivity index (χ2v) is 6.08. The van der Waals surface area contributed by atoms with Crippen LogP contribution in [0, 0.1) is 4.77 Å². The lowest BCUT2D eigenvalue weighted by molar-refractivity contribution is 0.102. The summed E-state index contributed by atoms with van der Waals surface area (Å²) in [5.74, 6) is -0.159. The summed E-state index contributed by atoms with van der Waals surface area (Å²) in [6, 6.07) is 1.34. The van der Waals surface area contributed by atoms with Gasteiger partial charge in [-0.3, -0.25) is 5.10 Å². The van der Waals surface area contributed by atoms with Gasteiger partial charge in [-0.1, -0.05) is 23.2 Å². The first-order chi connectivity index (χ1) is 11.0. The van der Waals surface area contributed by atoms with Gasteiger partial charge in [0.25, 0.3) is 0 Å². The van der Waals surface area contributed by atoms with Crippen LogP contribution >= 0.6 is 35.4 Å². The highest BCUT2D eigenvalue weighted by Crippen LogP contribution is 2.40. The third-order valence-electron chi connectivity index (χ3n) is 3.40. The van der Waals surface area contributed by atoms with E-state index in [2.05, 4.69) is 15.3 Å². The van der Waals surface area contributed by atoms with Crippen molar-refractivity contribution in [2.45, 2.75) is 18.9 Å². The number of phenols is 2. The van der Waals surface area contributed by atoms with Crippen molar-refractivity contribution in [3.63, 3.8) is 0 Å². The Labute approximate surface area is 146 Å². The van der Waals surface area contributed by atoms with Crippen molar-refractivity contribution in [1.82, 2.24) is 14.9 Å². The molecular formula is C13H12Cl2N4O3S. The molecule has 122 valence electrons. The topological polar surface area (TPSA) is 95.7 Å². The SMILES string of the molecule is Oc1c(Cl)cc(/C=N\n2c(C3CCCO3)n[nH]c2=S)c(O)c1Cl. The zero-order valence-electron chi connectivity index (χ0n) is 11.7. The van der Waals surface area contributed by atoms with E-state index in [1.54, 1.807) is 0 Å². The van der Waals surface area contributed by atoms with E-state index in [4.69, 9.17) is 40.2 Å². The molecule has 2 heterocycles. The molecule has 0 bridgehead atoms. The van der Waals surface area contributed by atoms with Crippen LogP contribution in [0.5, 0.6) is 11.5 Å². The minimum absolute atomic E-state index is 0.00407. The molecule has 1 aliphatic rings. The Morgan fingerprint density at radius 3 is 2.91 bits per heavy atom. The summed E-state index contributed by atoms with van der Waals surface area (Å²) in [7, 11) is 0. The smallest absolute Gasteiger partial charge is 0.216 e. The van der Waals surface area contributed by atoms with E-state index in [0.717, 1.165) is 12.8 Å². The van der Waals surface area contributed by atoms with Crippen molar-refractivity contribution in [2.75, 3.05) is 6.61 Å². The largest absolute Gasteiger partial charge is 0.506 e. The molecule has 3 N–H and O–H groups in total. The average molecular weight is 375 g/mol. The number of hydrogen-bond acceptors (Lipinski definition) is 6. The molecule has 3 rings (SSSR count). The van der Waals surface area contributed by atoms with Gasteiger partial charge in [0.05, 0.1) is 11.2 Å². The summed E-state index contributed by atoms with van der Waals surface area (Å²) in [5, 5.41) is 30.3. The van der Waals surface area contributed by atoms with Gasteiger partial charge < -0.3 is 14.9 Å². The Morgan fingerprint density at radius 1 is 1.43 bits per heavy atom. The number of phenolic OH excluding ortho intramolecular Hbond substituents is 2. The Kier molecular flexibility index (Phi) is 4.58. The number of aromatic amines is 1. The molecule has 0 aliphatic carbocycles. The monoisotopic (exact) mass is 374 g/mol. The number of nitrogens with one attached hydrogen (secondary N) is 1. The number of rotatable bonds is 3. The zero-order valence-corrected chi connectivity index (χ0v) is 14.0. The van der Waals surface area contributed by atoms with Crippen molar-refractivity contribution in [2.24, 2.45) is 5.10 Å². The molecule has 0 spiro atoms. The molecule has 1 aliphatic heterocycles. The minimum Gasteiger partial charge on any atom is -0.506 e. The molecule has 0 saturated carbocycles. The van der Waals surface area contributed by atoms with Gasteiger partial charge in [-0.2, -0.15) is 14.9 Å². The molecule has 1 unspecified atom stereocenters. The Balaban J connectivity index is 1.98.